The van der Waals surface area contributed by atoms with E-state index in [1.165, 1.54) is 0 Å². The van der Waals surface area contributed by atoms with Crippen molar-refractivity contribution < 1.29 is 14.2 Å². The third-order valence-corrected chi connectivity index (χ3v) is 4.64. The quantitative estimate of drug-likeness (QED) is 0.590. The van der Waals surface area contributed by atoms with Gasteiger partial charge in [0.05, 0.1) is 32.0 Å². The van der Waals surface area contributed by atoms with E-state index in [0.717, 1.165) is 47.1 Å². The van der Waals surface area contributed by atoms with Gasteiger partial charge in [-0.1, -0.05) is 0 Å². The number of pyridine rings is 1. The number of hydrogen-bond acceptors (Lipinski definition) is 7. The Hall–Kier alpha value is -2.87. The largest absolute Gasteiger partial charge is 0.481 e. The Morgan fingerprint density at radius 2 is 1.86 bits per heavy atom. The first kappa shape index (κ1) is 19.9. The second kappa shape index (κ2) is 8.43. The third kappa shape index (κ3) is 3.60. The molecule has 0 aliphatic heterocycles. The number of rotatable bonds is 8. The molecule has 8 nitrogen and oxygen atoms in total. The van der Waals surface area contributed by atoms with Crippen molar-refractivity contribution in [2.24, 2.45) is 0 Å². The molecule has 0 radical (unpaired) electrons. The van der Waals surface area contributed by atoms with Gasteiger partial charge in [0.2, 0.25) is 17.7 Å². The molecule has 0 aliphatic carbocycles. The molecule has 0 aliphatic rings. The molecule has 0 fully saturated rings. The van der Waals surface area contributed by atoms with Gasteiger partial charge < -0.3 is 19.1 Å². The van der Waals surface area contributed by atoms with Crippen LogP contribution in [-0.2, 0) is 4.74 Å². The zero-order valence-electron chi connectivity index (χ0n) is 17.3. The number of likely N-dealkylation sites (N-methyl/N-ethyl adjacent to an activating group) is 1. The maximum absolute atomic E-state index is 5.53. The summed E-state index contributed by atoms with van der Waals surface area (Å²) in [5.41, 5.74) is 4.59. The minimum absolute atomic E-state index is 0.500. The first-order valence-corrected chi connectivity index (χ1v) is 9.24. The van der Waals surface area contributed by atoms with Gasteiger partial charge in [-0.2, -0.15) is 14.6 Å². The fourth-order valence-corrected chi connectivity index (χ4v) is 3.29. The van der Waals surface area contributed by atoms with Crippen molar-refractivity contribution in [1.82, 2.24) is 19.6 Å². The lowest BCUT2D eigenvalue weighted by Gasteiger charge is -2.22. The molecule has 0 atom stereocenters. The minimum atomic E-state index is 0.500. The van der Waals surface area contributed by atoms with Crippen LogP contribution >= 0.6 is 0 Å². The lowest BCUT2D eigenvalue weighted by Crippen LogP contribution is -2.30. The van der Waals surface area contributed by atoms with E-state index in [-0.39, 0.29) is 0 Å². The van der Waals surface area contributed by atoms with Crippen molar-refractivity contribution in [2.45, 2.75) is 20.8 Å². The number of nitrogens with zero attached hydrogens (tertiary/aromatic N) is 5. The molecule has 3 heterocycles. The summed E-state index contributed by atoms with van der Waals surface area (Å²) in [6, 6.07) is 5.81. The fourth-order valence-electron chi connectivity index (χ4n) is 3.29. The Labute approximate surface area is 165 Å². The molecule has 3 rings (SSSR count). The molecule has 0 bridgehead atoms. The summed E-state index contributed by atoms with van der Waals surface area (Å²) < 4.78 is 17.9. The summed E-state index contributed by atoms with van der Waals surface area (Å²) in [7, 11) is 4.89. The summed E-state index contributed by atoms with van der Waals surface area (Å²) >= 11 is 0. The van der Waals surface area contributed by atoms with Crippen LogP contribution in [0.5, 0.6) is 11.8 Å². The van der Waals surface area contributed by atoms with Gasteiger partial charge in [0.1, 0.15) is 0 Å². The third-order valence-electron chi connectivity index (χ3n) is 4.64. The summed E-state index contributed by atoms with van der Waals surface area (Å²) in [6.45, 7) is 8.23. The van der Waals surface area contributed by atoms with Crippen molar-refractivity contribution in [1.29, 1.82) is 0 Å². The van der Waals surface area contributed by atoms with Crippen LogP contribution in [0.1, 0.15) is 18.3 Å². The molecule has 28 heavy (non-hydrogen) atoms. The average molecular weight is 385 g/mol. The highest BCUT2D eigenvalue weighted by Gasteiger charge is 2.21. The molecular formula is C20H27N5O3. The van der Waals surface area contributed by atoms with Crippen LogP contribution in [-0.4, -0.2) is 60.6 Å². The zero-order valence-corrected chi connectivity index (χ0v) is 17.3. The number of anilines is 1. The maximum Gasteiger partial charge on any atom is 0.227 e. The fraction of sp³-hybridized carbons (Fsp3) is 0.450. The van der Waals surface area contributed by atoms with E-state index >= 15 is 0 Å². The van der Waals surface area contributed by atoms with Crippen LogP contribution in [0.4, 0.5) is 5.95 Å². The normalized spacial score (nSPS) is 11.1. The minimum Gasteiger partial charge on any atom is -0.481 e. The lowest BCUT2D eigenvalue weighted by atomic mass is 10.1. The van der Waals surface area contributed by atoms with Gasteiger partial charge >= 0.3 is 0 Å². The van der Waals surface area contributed by atoms with Gasteiger partial charge in [0.25, 0.3) is 0 Å². The van der Waals surface area contributed by atoms with E-state index in [1.807, 2.05) is 36.6 Å². The van der Waals surface area contributed by atoms with Crippen LogP contribution in [0.15, 0.2) is 18.2 Å². The van der Waals surface area contributed by atoms with Crippen LogP contribution in [0.3, 0.4) is 0 Å². The molecule has 3 aromatic rings. The topological polar surface area (TPSA) is 74.0 Å². The molecule has 0 N–H and O–H groups in total. The number of fused-ring (bicyclic) bond motifs is 1. The number of methoxy groups -OCH3 is 3. The molecule has 8 heteroatoms. The van der Waals surface area contributed by atoms with Gasteiger partial charge in [-0.25, -0.2) is 4.98 Å². The predicted octanol–water partition coefficient (Wildman–Crippen LogP) is 2.90. The highest BCUT2D eigenvalue weighted by atomic mass is 16.5. The molecule has 0 saturated heterocycles. The predicted molar refractivity (Wildman–Crippen MR) is 109 cm³/mol. The summed E-state index contributed by atoms with van der Waals surface area (Å²) in [5, 5.41) is 4.78. The van der Waals surface area contributed by atoms with E-state index in [4.69, 9.17) is 24.3 Å². The van der Waals surface area contributed by atoms with Crippen molar-refractivity contribution in [2.75, 3.05) is 45.9 Å². The average Bonchev–Trinajstić information content (AvgIpc) is 3.03. The van der Waals surface area contributed by atoms with E-state index in [9.17, 15) is 0 Å². The van der Waals surface area contributed by atoms with Gasteiger partial charge in [0, 0.05) is 43.1 Å². The van der Waals surface area contributed by atoms with Crippen LogP contribution in [0.2, 0.25) is 0 Å². The van der Waals surface area contributed by atoms with Gasteiger partial charge in [-0.3, -0.25) is 0 Å². The number of ether oxygens (including phenoxy) is 3. The van der Waals surface area contributed by atoms with Crippen molar-refractivity contribution in [3.8, 4) is 22.9 Å². The molecule has 0 aromatic carbocycles. The monoisotopic (exact) mass is 385 g/mol. The molecule has 0 spiro atoms. The highest BCUT2D eigenvalue weighted by molar-refractivity contribution is 5.86. The first-order valence-electron chi connectivity index (χ1n) is 9.24. The molecule has 0 unspecified atom stereocenters. The van der Waals surface area contributed by atoms with Crippen molar-refractivity contribution >= 4 is 11.5 Å². The van der Waals surface area contributed by atoms with Crippen molar-refractivity contribution in [3.63, 3.8) is 0 Å². The number of hydrogen-bond donors (Lipinski definition) is 0. The van der Waals surface area contributed by atoms with Gasteiger partial charge in [-0.05, 0) is 32.9 Å². The van der Waals surface area contributed by atoms with Crippen LogP contribution in [0, 0.1) is 13.8 Å². The SMILES string of the molecule is CCN(CCOC)c1nc(C)cc2c(-c3ccc(OC)nc3OC)c(C)nn12. The Bertz CT molecular complexity index is 970. The summed E-state index contributed by atoms with van der Waals surface area (Å²) in [4.78, 5) is 11.3. The molecule has 150 valence electrons. The Morgan fingerprint density at radius 1 is 1.07 bits per heavy atom. The lowest BCUT2D eigenvalue weighted by molar-refractivity contribution is 0.205. The van der Waals surface area contributed by atoms with E-state index < -0.39 is 0 Å². The summed E-state index contributed by atoms with van der Waals surface area (Å²) in [5.74, 6) is 1.80. The Balaban J connectivity index is 2.22. The Kier molecular flexibility index (Phi) is 5.99. The van der Waals surface area contributed by atoms with Crippen LogP contribution < -0.4 is 14.4 Å². The smallest absolute Gasteiger partial charge is 0.227 e. The summed E-state index contributed by atoms with van der Waals surface area (Å²) in [6.07, 6.45) is 0. The van der Waals surface area contributed by atoms with E-state index in [2.05, 4.69) is 16.8 Å². The first-order chi connectivity index (χ1) is 13.5. The standard InChI is InChI=1S/C20H27N5O3/c1-7-24(10-11-26-4)20-21-13(2)12-16-18(14(3)23-25(16)20)15-8-9-17(27-5)22-19(15)28-6/h8-9,12H,7,10-11H2,1-6H3. The van der Waals surface area contributed by atoms with Crippen LogP contribution in [0.25, 0.3) is 16.6 Å². The number of aromatic nitrogens is 4. The zero-order chi connectivity index (χ0) is 20.3. The second-order valence-electron chi connectivity index (χ2n) is 6.44. The second-order valence-corrected chi connectivity index (χ2v) is 6.44. The van der Waals surface area contributed by atoms with E-state index in [0.29, 0.717) is 18.4 Å². The maximum atomic E-state index is 5.53. The van der Waals surface area contributed by atoms with Gasteiger partial charge in [0.15, 0.2) is 0 Å². The molecule has 3 aromatic heterocycles. The van der Waals surface area contributed by atoms with Crippen molar-refractivity contribution in [3.05, 3.63) is 29.6 Å². The molecular weight excluding hydrogens is 358 g/mol. The van der Waals surface area contributed by atoms with Gasteiger partial charge in [-0.15, -0.1) is 0 Å². The Morgan fingerprint density at radius 3 is 2.50 bits per heavy atom. The highest BCUT2D eigenvalue weighted by Crippen LogP contribution is 2.36. The molecule has 0 amide bonds. The molecule has 0 saturated carbocycles. The van der Waals surface area contributed by atoms with E-state index in [1.54, 1.807) is 21.3 Å². The number of aryl methyl sites for hydroxylation is 2.